The quantitative estimate of drug-likeness (QED) is 0.792. The summed E-state index contributed by atoms with van der Waals surface area (Å²) in [6, 6.07) is 7.47. The number of esters is 1. The van der Waals surface area contributed by atoms with Crippen LogP contribution in [0, 0.1) is 13.8 Å². The number of carbonyl (C=O) groups is 1. The molecule has 19 heavy (non-hydrogen) atoms. The van der Waals surface area contributed by atoms with Crippen molar-refractivity contribution in [2.75, 3.05) is 7.11 Å². The summed E-state index contributed by atoms with van der Waals surface area (Å²) in [5.41, 5.74) is 3.86. The minimum atomic E-state index is -0.308. The summed E-state index contributed by atoms with van der Waals surface area (Å²) in [7, 11) is 1.38. The van der Waals surface area contributed by atoms with E-state index in [4.69, 9.17) is 4.52 Å². The highest BCUT2D eigenvalue weighted by Crippen LogP contribution is 2.16. The third-order valence-corrected chi connectivity index (χ3v) is 3.22. The van der Waals surface area contributed by atoms with E-state index < -0.39 is 0 Å². The molecule has 1 heterocycles. The lowest BCUT2D eigenvalue weighted by molar-refractivity contribution is 0.0600. The number of hydrogen-bond acceptors (Lipinski definition) is 4. The molecule has 0 saturated heterocycles. The topological polar surface area (TPSA) is 52.3 Å². The predicted octanol–water partition coefficient (Wildman–Crippen LogP) is 2.86. The Kier molecular flexibility index (Phi) is 4.00. The lowest BCUT2D eigenvalue weighted by atomic mass is 10.0. The van der Waals surface area contributed by atoms with Gasteiger partial charge in [0.25, 0.3) is 0 Å². The minimum Gasteiger partial charge on any atom is -0.465 e. The Balaban J connectivity index is 2.03. The molecule has 0 bridgehead atoms. The molecule has 0 atom stereocenters. The number of aromatic nitrogens is 1. The second-order valence-corrected chi connectivity index (χ2v) is 4.49. The fourth-order valence-electron chi connectivity index (χ4n) is 2.05. The summed E-state index contributed by atoms with van der Waals surface area (Å²) >= 11 is 0. The van der Waals surface area contributed by atoms with Crippen molar-refractivity contribution in [3.8, 4) is 0 Å². The number of aryl methyl sites for hydroxylation is 3. The summed E-state index contributed by atoms with van der Waals surface area (Å²) in [5, 5.41) is 3.94. The molecule has 2 rings (SSSR count). The van der Waals surface area contributed by atoms with E-state index >= 15 is 0 Å². The second kappa shape index (κ2) is 5.69. The highest BCUT2D eigenvalue weighted by molar-refractivity contribution is 5.89. The molecular formula is C15H17NO3. The van der Waals surface area contributed by atoms with Gasteiger partial charge in [-0.05, 0) is 44.4 Å². The largest absolute Gasteiger partial charge is 0.465 e. The van der Waals surface area contributed by atoms with Gasteiger partial charge in [-0.2, -0.15) is 0 Å². The van der Waals surface area contributed by atoms with Crippen molar-refractivity contribution in [3.63, 3.8) is 0 Å². The molecule has 2 aromatic rings. The Labute approximate surface area is 112 Å². The molecule has 0 amide bonds. The van der Waals surface area contributed by atoms with Crippen molar-refractivity contribution in [2.24, 2.45) is 0 Å². The Morgan fingerprint density at radius 2 is 1.89 bits per heavy atom. The van der Waals surface area contributed by atoms with Crippen LogP contribution in [-0.2, 0) is 17.6 Å². The van der Waals surface area contributed by atoms with E-state index in [-0.39, 0.29) is 5.97 Å². The first kappa shape index (κ1) is 13.3. The molecule has 0 aliphatic heterocycles. The average Bonchev–Trinajstić information content (AvgIpc) is 2.75. The van der Waals surface area contributed by atoms with Gasteiger partial charge in [0, 0.05) is 5.56 Å². The molecule has 0 spiro atoms. The third kappa shape index (κ3) is 3.02. The van der Waals surface area contributed by atoms with E-state index in [9.17, 15) is 4.79 Å². The number of nitrogens with zero attached hydrogens (tertiary/aromatic N) is 1. The lowest BCUT2D eigenvalue weighted by Gasteiger charge is -2.03. The van der Waals surface area contributed by atoms with Gasteiger partial charge in [0.15, 0.2) is 0 Å². The maximum absolute atomic E-state index is 11.3. The van der Waals surface area contributed by atoms with Crippen molar-refractivity contribution >= 4 is 5.97 Å². The van der Waals surface area contributed by atoms with Crippen LogP contribution < -0.4 is 0 Å². The molecule has 0 aliphatic rings. The van der Waals surface area contributed by atoms with Crippen molar-refractivity contribution in [3.05, 3.63) is 52.4 Å². The van der Waals surface area contributed by atoms with Crippen LogP contribution in [0.2, 0.25) is 0 Å². The van der Waals surface area contributed by atoms with Crippen LogP contribution in [0.4, 0.5) is 0 Å². The second-order valence-electron chi connectivity index (χ2n) is 4.49. The average molecular weight is 259 g/mol. The van der Waals surface area contributed by atoms with E-state index in [0.29, 0.717) is 5.56 Å². The van der Waals surface area contributed by atoms with E-state index in [1.54, 1.807) is 12.1 Å². The van der Waals surface area contributed by atoms with Gasteiger partial charge >= 0.3 is 5.97 Å². The Hall–Kier alpha value is -2.10. The number of ether oxygens (including phenoxy) is 1. The lowest BCUT2D eigenvalue weighted by Crippen LogP contribution is -2.01. The summed E-state index contributed by atoms with van der Waals surface area (Å²) in [5.74, 6) is 0.570. The highest BCUT2D eigenvalue weighted by Gasteiger charge is 2.09. The molecule has 1 aromatic heterocycles. The van der Waals surface area contributed by atoms with Gasteiger partial charge in [0.05, 0.1) is 18.4 Å². The predicted molar refractivity (Wildman–Crippen MR) is 71.2 cm³/mol. The van der Waals surface area contributed by atoms with Crippen LogP contribution >= 0.6 is 0 Å². The number of rotatable bonds is 4. The summed E-state index contributed by atoms with van der Waals surface area (Å²) in [6.45, 7) is 3.88. The molecule has 0 saturated carbocycles. The minimum absolute atomic E-state index is 0.308. The molecule has 100 valence electrons. The number of methoxy groups -OCH3 is 1. The van der Waals surface area contributed by atoms with E-state index in [1.165, 1.54) is 12.7 Å². The van der Waals surface area contributed by atoms with Gasteiger partial charge in [-0.25, -0.2) is 4.79 Å². The fraction of sp³-hybridized carbons (Fsp3) is 0.333. The van der Waals surface area contributed by atoms with Gasteiger partial charge in [-0.15, -0.1) is 0 Å². The Morgan fingerprint density at radius 1 is 1.21 bits per heavy atom. The zero-order valence-corrected chi connectivity index (χ0v) is 11.4. The van der Waals surface area contributed by atoms with Crippen molar-refractivity contribution in [1.29, 1.82) is 0 Å². The van der Waals surface area contributed by atoms with Crippen LogP contribution in [-0.4, -0.2) is 18.2 Å². The van der Waals surface area contributed by atoms with Gasteiger partial charge < -0.3 is 9.26 Å². The number of benzene rings is 1. The summed E-state index contributed by atoms with van der Waals surface area (Å²) in [6.07, 6.45) is 1.78. The maximum atomic E-state index is 11.3. The molecule has 0 radical (unpaired) electrons. The van der Waals surface area contributed by atoms with Crippen LogP contribution in [0.1, 0.15) is 32.9 Å². The first-order chi connectivity index (χ1) is 9.11. The molecule has 4 nitrogen and oxygen atoms in total. The normalized spacial score (nSPS) is 10.5. The number of carbonyl (C=O) groups excluding carboxylic acids is 1. The molecular weight excluding hydrogens is 242 g/mol. The number of hydrogen-bond donors (Lipinski definition) is 0. The molecule has 1 aromatic carbocycles. The van der Waals surface area contributed by atoms with Crippen molar-refractivity contribution in [2.45, 2.75) is 26.7 Å². The Bertz CT molecular complexity index is 550. The molecule has 0 aliphatic carbocycles. The van der Waals surface area contributed by atoms with Crippen LogP contribution in [0.15, 0.2) is 28.8 Å². The highest BCUT2D eigenvalue weighted by atomic mass is 16.5. The maximum Gasteiger partial charge on any atom is 0.337 e. The monoisotopic (exact) mass is 259 g/mol. The van der Waals surface area contributed by atoms with Gasteiger partial charge in [-0.3, -0.25) is 0 Å². The standard InChI is InChI=1S/C15H17NO3/c1-10-14(11(2)19-16-10)9-6-12-4-7-13(8-5-12)15(17)18-3/h4-5,7-8H,6,9H2,1-3H3. The molecule has 0 unspecified atom stereocenters. The van der Waals surface area contributed by atoms with Gasteiger partial charge in [0.1, 0.15) is 5.76 Å². The first-order valence-electron chi connectivity index (χ1n) is 6.21. The molecule has 0 fully saturated rings. The summed E-state index contributed by atoms with van der Waals surface area (Å²) < 4.78 is 9.80. The van der Waals surface area contributed by atoms with Crippen molar-refractivity contribution < 1.29 is 14.1 Å². The smallest absolute Gasteiger partial charge is 0.337 e. The third-order valence-electron chi connectivity index (χ3n) is 3.22. The fourth-order valence-corrected chi connectivity index (χ4v) is 2.05. The van der Waals surface area contributed by atoms with Crippen LogP contribution in [0.25, 0.3) is 0 Å². The molecule has 0 N–H and O–H groups in total. The first-order valence-corrected chi connectivity index (χ1v) is 6.21. The van der Waals surface area contributed by atoms with Gasteiger partial charge in [-0.1, -0.05) is 17.3 Å². The zero-order chi connectivity index (χ0) is 13.8. The van der Waals surface area contributed by atoms with Gasteiger partial charge in [0.2, 0.25) is 0 Å². The SMILES string of the molecule is COC(=O)c1ccc(CCc2c(C)noc2C)cc1. The van der Waals surface area contributed by atoms with E-state index in [1.807, 2.05) is 26.0 Å². The Morgan fingerprint density at radius 3 is 2.42 bits per heavy atom. The van der Waals surface area contributed by atoms with E-state index in [2.05, 4.69) is 9.89 Å². The summed E-state index contributed by atoms with van der Waals surface area (Å²) in [4.78, 5) is 11.3. The molecule has 4 heteroatoms. The van der Waals surface area contributed by atoms with Crippen molar-refractivity contribution in [1.82, 2.24) is 5.16 Å². The van der Waals surface area contributed by atoms with E-state index in [0.717, 1.165) is 29.9 Å². The van der Waals surface area contributed by atoms with Crippen LogP contribution in [0.3, 0.4) is 0 Å². The zero-order valence-electron chi connectivity index (χ0n) is 11.4. The van der Waals surface area contributed by atoms with Crippen LogP contribution in [0.5, 0.6) is 0 Å².